The lowest BCUT2D eigenvalue weighted by Crippen LogP contribution is -2.20. The second kappa shape index (κ2) is 8.22. The molecule has 7 heteroatoms. The minimum Gasteiger partial charge on any atom is -0.325 e. The zero-order valence-electron chi connectivity index (χ0n) is 18.2. The molecule has 1 aliphatic carbocycles. The molecule has 6 nitrogen and oxygen atoms in total. The lowest BCUT2D eigenvalue weighted by molar-refractivity contribution is 0.326. The van der Waals surface area contributed by atoms with Gasteiger partial charge >= 0.3 is 0 Å². The molecule has 0 atom stereocenters. The molecule has 32 heavy (non-hydrogen) atoms. The maximum Gasteiger partial charge on any atom is 0.143 e. The van der Waals surface area contributed by atoms with Gasteiger partial charge in [0, 0.05) is 25.0 Å². The van der Waals surface area contributed by atoms with E-state index in [0.717, 1.165) is 44.7 Å². The smallest absolute Gasteiger partial charge is 0.143 e. The van der Waals surface area contributed by atoms with Gasteiger partial charge in [-0.05, 0) is 74.9 Å². The van der Waals surface area contributed by atoms with Gasteiger partial charge in [-0.25, -0.2) is 15.0 Å². The quantitative estimate of drug-likeness (QED) is 0.415. The summed E-state index contributed by atoms with van der Waals surface area (Å²) in [5.41, 5.74) is 5.65. The minimum atomic E-state index is 0.701. The van der Waals surface area contributed by atoms with E-state index in [1.807, 2.05) is 24.5 Å². The average molecular weight is 443 g/mol. The SMILES string of the molecule is Cc1cccnc1-c1nc2cc(Nc3ccc(C4CC4)c(CN4CCCC4)n3)ncc2s1. The van der Waals surface area contributed by atoms with Crippen molar-refractivity contribution in [2.24, 2.45) is 0 Å². The summed E-state index contributed by atoms with van der Waals surface area (Å²) < 4.78 is 1.06. The molecule has 2 aliphatic rings. The Morgan fingerprint density at radius 3 is 2.75 bits per heavy atom. The molecule has 1 N–H and O–H groups in total. The number of aromatic nitrogens is 4. The van der Waals surface area contributed by atoms with Crippen molar-refractivity contribution >= 4 is 33.2 Å². The molecular weight excluding hydrogens is 416 g/mol. The van der Waals surface area contributed by atoms with E-state index in [9.17, 15) is 0 Å². The normalized spacial score (nSPS) is 16.7. The summed E-state index contributed by atoms with van der Waals surface area (Å²) in [5, 5.41) is 4.34. The van der Waals surface area contributed by atoms with E-state index in [4.69, 9.17) is 9.97 Å². The first-order valence-corrected chi connectivity index (χ1v) is 12.2. The molecule has 2 fully saturated rings. The van der Waals surface area contributed by atoms with Gasteiger partial charge < -0.3 is 5.32 Å². The predicted octanol–water partition coefficient (Wildman–Crippen LogP) is 5.67. The van der Waals surface area contributed by atoms with Crippen LogP contribution in [0.2, 0.25) is 0 Å². The van der Waals surface area contributed by atoms with Crippen molar-refractivity contribution in [2.45, 2.75) is 45.1 Å². The first-order valence-electron chi connectivity index (χ1n) is 11.4. The molecular formula is C25H26N6S. The van der Waals surface area contributed by atoms with Crippen LogP contribution in [0.1, 0.15) is 48.4 Å². The fraction of sp³-hybridized carbons (Fsp3) is 0.360. The van der Waals surface area contributed by atoms with Crippen LogP contribution in [-0.2, 0) is 6.54 Å². The molecule has 1 aliphatic heterocycles. The molecule has 4 aromatic rings. The zero-order chi connectivity index (χ0) is 21.5. The number of pyridine rings is 3. The van der Waals surface area contributed by atoms with Gasteiger partial charge in [0.2, 0.25) is 0 Å². The summed E-state index contributed by atoms with van der Waals surface area (Å²) in [6.07, 6.45) is 8.89. The summed E-state index contributed by atoms with van der Waals surface area (Å²) >= 11 is 1.63. The molecule has 6 rings (SSSR count). The topological polar surface area (TPSA) is 66.8 Å². The minimum absolute atomic E-state index is 0.701. The largest absolute Gasteiger partial charge is 0.325 e. The zero-order valence-corrected chi connectivity index (χ0v) is 19.0. The molecule has 0 unspecified atom stereocenters. The highest BCUT2D eigenvalue weighted by Gasteiger charge is 2.28. The van der Waals surface area contributed by atoms with Crippen molar-refractivity contribution in [2.75, 3.05) is 18.4 Å². The van der Waals surface area contributed by atoms with Gasteiger partial charge in [-0.3, -0.25) is 9.88 Å². The predicted molar refractivity (Wildman–Crippen MR) is 129 cm³/mol. The molecule has 162 valence electrons. The summed E-state index contributed by atoms with van der Waals surface area (Å²) in [6, 6.07) is 10.4. The first-order chi connectivity index (χ1) is 15.7. The number of nitrogens with zero attached hydrogens (tertiary/aromatic N) is 5. The molecule has 0 amide bonds. The third-order valence-corrected chi connectivity index (χ3v) is 7.35. The third kappa shape index (κ3) is 3.98. The molecule has 0 aromatic carbocycles. The Kier molecular flexibility index (Phi) is 5.08. The Bertz CT molecular complexity index is 1270. The van der Waals surface area contributed by atoms with Crippen LogP contribution in [0.5, 0.6) is 0 Å². The van der Waals surface area contributed by atoms with Crippen LogP contribution in [0, 0.1) is 6.92 Å². The van der Waals surface area contributed by atoms with E-state index in [-0.39, 0.29) is 0 Å². The highest BCUT2D eigenvalue weighted by molar-refractivity contribution is 7.21. The van der Waals surface area contributed by atoms with Gasteiger partial charge in [-0.1, -0.05) is 12.1 Å². The number of likely N-dealkylation sites (tertiary alicyclic amines) is 1. The Balaban J connectivity index is 1.27. The van der Waals surface area contributed by atoms with Gasteiger partial charge in [0.1, 0.15) is 22.3 Å². The molecule has 1 saturated carbocycles. The number of nitrogens with one attached hydrogen (secondary N) is 1. The van der Waals surface area contributed by atoms with Crippen LogP contribution in [0.15, 0.2) is 42.7 Å². The molecule has 4 aromatic heterocycles. The number of aryl methyl sites for hydroxylation is 1. The molecule has 0 spiro atoms. The van der Waals surface area contributed by atoms with Crippen molar-refractivity contribution in [3.63, 3.8) is 0 Å². The Morgan fingerprint density at radius 2 is 1.94 bits per heavy atom. The number of hydrogen-bond acceptors (Lipinski definition) is 7. The Morgan fingerprint density at radius 1 is 1.06 bits per heavy atom. The maximum absolute atomic E-state index is 5.02. The molecule has 5 heterocycles. The van der Waals surface area contributed by atoms with E-state index < -0.39 is 0 Å². The summed E-state index contributed by atoms with van der Waals surface area (Å²) in [4.78, 5) is 21.5. The van der Waals surface area contributed by atoms with Crippen LogP contribution in [0.4, 0.5) is 11.6 Å². The number of thiazole rings is 1. The number of anilines is 2. The number of rotatable bonds is 6. The van der Waals surface area contributed by atoms with Crippen LogP contribution in [0.25, 0.3) is 20.9 Å². The van der Waals surface area contributed by atoms with Crippen molar-refractivity contribution in [3.8, 4) is 10.7 Å². The van der Waals surface area contributed by atoms with Crippen LogP contribution in [0.3, 0.4) is 0 Å². The molecule has 0 bridgehead atoms. The van der Waals surface area contributed by atoms with Crippen molar-refractivity contribution in [3.05, 3.63) is 59.5 Å². The van der Waals surface area contributed by atoms with Crippen molar-refractivity contribution < 1.29 is 0 Å². The van der Waals surface area contributed by atoms with E-state index in [1.54, 1.807) is 11.3 Å². The van der Waals surface area contributed by atoms with E-state index in [1.165, 1.54) is 50.0 Å². The lowest BCUT2D eigenvalue weighted by Gasteiger charge is -2.17. The second-order valence-corrected chi connectivity index (χ2v) is 9.87. The fourth-order valence-electron chi connectivity index (χ4n) is 4.47. The number of hydrogen-bond donors (Lipinski definition) is 1. The van der Waals surface area contributed by atoms with Gasteiger partial charge in [0.05, 0.1) is 15.9 Å². The summed E-state index contributed by atoms with van der Waals surface area (Å²) in [6.45, 7) is 5.39. The van der Waals surface area contributed by atoms with Crippen LogP contribution >= 0.6 is 11.3 Å². The highest BCUT2D eigenvalue weighted by atomic mass is 32.1. The van der Waals surface area contributed by atoms with Crippen LogP contribution < -0.4 is 5.32 Å². The third-order valence-electron chi connectivity index (χ3n) is 6.34. The van der Waals surface area contributed by atoms with Gasteiger partial charge in [0.15, 0.2) is 0 Å². The Labute approximate surface area is 191 Å². The van der Waals surface area contributed by atoms with Gasteiger partial charge in [-0.2, -0.15) is 0 Å². The summed E-state index contributed by atoms with van der Waals surface area (Å²) in [7, 11) is 0. The fourth-order valence-corrected chi connectivity index (χ4v) is 5.45. The van der Waals surface area contributed by atoms with Gasteiger partial charge in [-0.15, -0.1) is 11.3 Å². The maximum atomic E-state index is 5.02. The van der Waals surface area contributed by atoms with Crippen molar-refractivity contribution in [1.82, 2.24) is 24.8 Å². The van der Waals surface area contributed by atoms with Gasteiger partial charge in [0.25, 0.3) is 0 Å². The first kappa shape index (κ1) is 19.8. The second-order valence-electron chi connectivity index (χ2n) is 8.84. The number of fused-ring (bicyclic) bond motifs is 1. The Hall–Kier alpha value is -2.90. The monoisotopic (exact) mass is 442 g/mol. The standard InChI is InChI=1S/C25H26N6S/c1-16-5-4-10-26-24(16)25-29-19-13-23(27-14-21(19)32-25)30-22-9-8-18(17-6-7-17)20(28-22)15-31-11-2-3-12-31/h4-5,8-10,13-14,17H,2-3,6-7,11-12,15H2,1H3,(H,27,28,30). The van der Waals surface area contributed by atoms with E-state index in [2.05, 4.69) is 45.3 Å². The molecule has 1 saturated heterocycles. The van der Waals surface area contributed by atoms with Crippen molar-refractivity contribution in [1.29, 1.82) is 0 Å². The van der Waals surface area contributed by atoms with E-state index in [0.29, 0.717) is 5.92 Å². The average Bonchev–Trinajstić information content (AvgIpc) is 3.34. The lowest BCUT2D eigenvalue weighted by atomic mass is 10.1. The highest BCUT2D eigenvalue weighted by Crippen LogP contribution is 2.42. The van der Waals surface area contributed by atoms with E-state index >= 15 is 0 Å². The van der Waals surface area contributed by atoms with Crippen LogP contribution in [-0.4, -0.2) is 37.9 Å². The molecule has 0 radical (unpaired) electrons. The summed E-state index contributed by atoms with van der Waals surface area (Å²) in [5.74, 6) is 2.32.